The fraction of sp³-hybridized carbons (Fsp3) is 0.125. The Morgan fingerprint density at radius 1 is 1.16 bits per heavy atom. The Bertz CT molecular complexity index is 902. The summed E-state index contributed by atoms with van der Waals surface area (Å²) in [5.74, 6) is -0.126. The lowest BCUT2D eigenvalue weighted by Crippen LogP contribution is -2.11. The molecule has 1 N–H and O–H groups in total. The molecule has 0 aliphatic heterocycles. The Labute approximate surface area is 151 Å². The standard InChI is InChI=1S/C16H13N3O4S2/c1-22-10-5-3-9(4-6-10)14-18-11(8-24-14)13(20)19-16-17-7-12(25-16)15(21)23-2/h3-8H,1-2H3,(H,17,19,20). The number of amides is 1. The molecule has 0 bridgehead atoms. The van der Waals surface area contributed by atoms with Gasteiger partial charge < -0.3 is 9.47 Å². The van der Waals surface area contributed by atoms with Crippen LogP contribution in [0.2, 0.25) is 0 Å². The summed E-state index contributed by atoms with van der Waals surface area (Å²) >= 11 is 2.40. The Kier molecular flexibility index (Phi) is 5.05. The summed E-state index contributed by atoms with van der Waals surface area (Å²) in [5.41, 5.74) is 1.18. The predicted octanol–water partition coefficient (Wildman–Crippen LogP) is 3.31. The Hall–Kier alpha value is -2.78. The predicted molar refractivity (Wildman–Crippen MR) is 95.5 cm³/mol. The minimum atomic E-state index is -0.492. The van der Waals surface area contributed by atoms with Crippen molar-refractivity contribution in [3.05, 3.63) is 46.4 Å². The number of thiazole rings is 2. The van der Waals surface area contributed by atoms with Gasteiger partial charge in [-0.1, -0.05) is 11.3 Å². The maximum atomic E-state index is 12.3. The van der Waals surface area contributed by atoms with Crippen molar-refractivity contribution in [2.75, 3.05) is 19.5 Å². The number of carbonyl (C=O) groups excluding carboxylic acids is 2. The molecule has 0 aliphatic carbocycles. The third kappa shape index (κ3) is 3.83. The average Bonchev–Trinajstić information content (AvgIpc) is 3.31. The van der Waals surface area contributed by atoms with Crippen LogP contribution >= 0.6 is 22.7 Å². The number of aromatic nitrogens is 2. The van der Waals surface area contributed by atoms with Crippen molar-refractivity contribution in [3.63, 3.8) is 0 Å². The van der Waals surface area contributed by atoms with Gasteiger partial charge in [0.15, 0.2) is 5.13 Å². The van der Waals surface area contributed by atoms with Gasteiger partial charge >= 0.3 is 5.97 Å². The van der Waals surface area contributed by atoms with Crippen LogP contribution in [0.4, 0.5) is 5.13 Å². The average molecular weight is 375 g/mol. The number of ether oxygens (including phenoxy) is 2. The van der Waals surface area contributed by atoms with Crippen LogP contribution in [0.15, 0.2) is 35.8 Å². The molecule has 1 aromatic carbocycles. The molecule has 0 radical (unpaired) electrons. The van der Waals surface area contributed by atoms with E-state index in [4.69, 9.17) is 4.74 Å². The first-order chi connectivity index (χ1) is 12.1. The van der Waals surface area contributed by atoms with Gasteiger partial charge in [-0.2, -0.15) is 0 Å². The number of benzene rings is 1. The Morgan fingerprint density at radius 3 is 2.60 bits per heavy atom. The molecule has 0 unspecified atom stereocenters. The summed E-state index contributed by atoms with van der Waals surface area (Å²) in [6.07, 6.45) is 1.36. The molecule has 1 amide bonds. The first kappa shape index (κ1) is 17.1. The normalized spacial score (nSPS) is 10.3. The van der Waals surface area contributed by atoms with Crippen molar-refractivity contribution in [1.29, 1.82) is 0 Å². The molecule has 3 rings (SSSR count). The van der Waals surface area contributed by atoms with Gasteiger partial charge in [0.25, 0.3) is 5.91 Å². The number of nitrogens with one attached hydrogen (secondary N) is 1. The molecule has 128 valence electrons. The maximum absolute atomic E-state index is 12.3. The molecule has 7 nitrogen and oxygen atoms in total. The molecule has 2 heterocycles. The van der Waals surface area contributed by atoms with Crippen molar-refractivity contribution >= 4 is 39.7 Å². The molecule has 0 saturated carbocycles. The largest absolute Gasteiger partial charge is 0.497 e. The highest BCUT2D eigenvalue weighted by atomic mass is 32.1. The maximum Gasteiger partial charge on any atom is 0.349 e. The fourth-order valence-corrected chi connectivity index (χ4v) is 3.47. The van der Waals surface area contributed by atoms with Gasteiger partial charge in [-0.3, -0.25) is 10.1 Å². The quantitative estimate of drug-likeness (QED) is 0.688. The van der Waals surface area contributed by atoms with Crippen molar-refractivity contribution in [2.45, 2.75) is 0 Å². The van der Waals surface area contributed by atoms with E-state index in [-0.39, 0.29) is 11.6 Å². The van der Waals surface area contributed by atoms with Crippen LogP contribution in [0.25, 0.3) is 10.6 Å². The van der Waals surface area contributed by atoms with E-state index < -0.39 is 5.97 Å². The second-order valence-corrected chi connectivity index (χ2v) is 6.63. The van der Waals surface area contributed by atoms with E-state index in [1.165, 1.54) is 24.6 Å². The zero-order chi connectivity index (χ0) is 17.8. The van der Waals surface area contributed by atoms with Gasteiger partial charge in [-0.15, -0.1) is 11.3 Å². The molecule has 0 saturated heterocycles. The molecule has 0 spiro atoms. The van der Waals surface area contributed by atoms with Crippen molar-refractivity contribution in [3.8, 4) is 16.3 Å². The number of nitrogens with zero attached hydrogens (tertiary/aromatic N) is 2. The van der Waals surface area contributed by atoms with Crippen LogP contribution in [-0.4, -0.2) is 36.1 Å². The van der Waals surface area contributed by atoms with E-state index in [0.29, 0.717) is 10.0 Å². The van der Waals surface area contributed by atoms with E-state index in [2.05, 4.69) is 20.0 Å². The molecule has 0 fully saturated rings. The topological polar surface area (TPSA) is 90.4 Å². The van der Waals surface area contributed by atoms with Crippen LogP contribution in [-0.2, 0) is 4.74 Å². The highest BCUT2D eigenvalue weighted by molar-refractivity contribution is 7.17. The first-order valence-corrected chi connectivity index (χ1v) is 8.75. The summed E-state index contributed by atoms with van der Waals surface area (Å²) in [4.78, 5) is 32.3. The summed E-state index contributed by atoms with van der Waals surface area (Å²) in [6, 6.07) is 7.42. The monoisotopic (exact) mass is 375 g/mol. The van der Waals surface area contributed by atoms with Crippen molar-refractivity contribution in [2.24, 2.45) is 0 Å². The van der Waals surface area contributed by atoms with Crippen molar-refractivity contribution in [1.82, 2.24) is 9.97 Å². The summed E-state index contributed by atoms with van der Waals surface area (Å²) in [7, 11) is 2.89. The molecule has 2 aromatic heterocycles. The summed E-state index contributed by atoms with van der Waals surface area (Å²) in [5, 5.41) is 5.33. The van der Waals surface area contributed by atoms with Crippen LogP contribution in [0.5, 0.6) is 5.75 Å². The van der Waals surface area contributed by atoms with Gasteiger partial charge in [-0.25, -0.2) is 14.8 Å². The lowest BCUT2D eigenvalue weighted by molar-refractivity contribution is 0.0606. The second kappa shape index (κ2) is 7.41. The highest BCUT2D eigenvalue weighted by Crippen LogP contribution is 2.26. The van der Waals surface area contributed by atoms with Gasteiger partial charge in [-0.05, 0) is 24.3 Å². The molecule has 3 aromatic rings. The highest BCUT2D eigenvalue weighted by Gasteiger charge is 2.16. The van der Waals surface area contributed by atoms with E-state index in [0.717, 1.165) is 27.7 Å². The van der Waals surface area contributed by atoms with Gasteiger partial charge in [0.1, 0.15) is 21.3 Å². The number of hydrogen-bond acceptors (Lipinski definition) is 8. The minimum Gasteiger partial charge on any atom is -0.497 e. The fourth-order valence-electron chi connectivity index (χ4n) is 1.93. The SMILES string of the molecule is COC(=O)c1cnc(NC(=O)c2csc(-c3ccc(OC)cc3)n2)s1. The summed E-state index contributed by atoms with van der Waals surface area (Å²) < 4.78 is 9.73. The van der Waals surface area contributed by atoms with Crippen molar-refractivity contribution < 1.29 is 19.1 Å². The van der Waals surface area contributed by atoms with Crippen LogP contribution in [0, 0.1) is 0 Å². The zero-order valence-electron chi connectivity index (χ0n) is 13.3. The second-order valence-electron chi connectivity index (χ2n) is 4.74. The van der Waals surface area contributed by atoms with Gasteiger partial charge in [0.05, 0.1) is 20.4 Å². The number of anilines is 1. The lowest BCUT2D eigenvalue weighted by Gasteiger charge is -2.00. The van der Waals surface area contributed by atoms with E-state index in [1.807, 2.05) is 24.3 Å². The Morgan fingerprint density at radius 2 is 1.92 bits per heavy atom. The Balaban J connectivity index is 1.71. The van der Waals surface area contributed by atoms with Crippen LogP contribution in [0.3, 0.4) is 0 Å². The van der Waals surface area contributed by atoms with Gasteiger partial charge in [0, 0.05) is 10.9 Å². The van der Waals surface area contributed by atoms with E-state index >= 15 is 0 Å². The first-order valence-electron chi connectivity index (χ1n) is 7.06. The lowest BCUT2D eigenvalue weighted by atomic mass is 10.2. The molecule has 9 heteroatoms. The third-order valence-electron chi connectivity index (χ3n) is 3.19. The number of hydrogen-bond donors (Lipinski definition) is 1. The smallest absolute Gasteiger partial charge is 0.349 e. The minimum absolute atomic E-state index is 0.283. The molecule has 25 heavy (non-hydrogen) atoms. The van der Waals surface area contributed by atoms with E-state index in [1.54, 1.807) is 12.5 Å². The van der Waals surface area contributed by atoms with Gasteiger partial charge in [0.2, 0.25) is 0 Å². The van der Waals surface area contributed by atoms with Crippen LogP contribution in [0.1, 0.15) is 20.2 Å². The third-order valence-corrected chi connectivity index (χ3v) is 4.97. The molecular weight excluding hydrogens is 362 g/mol. The molecule has 0 atom stereocenters. The van der Waals surface area contributed by atoms with E-state index in [9.17, 15) is 9.59 Å². The summed E-state index contributed by atoms with van der Waals surface area (Å²) in [6.45, 7) is 0. The molecule has 0 aliphatic rings. The number of esters is 1. The van der Waals surface area contributed by atoms with Crippen LogP contribution < -0.4 is 10.1 Å². The molecular formula is C16H13N3O4S2. The number of methoxy groups -OCH3 is 2. The number of rotatable bonds is 5. The zero-order valence-corrected chi connectivity index (χ0v) is 14.9. The number of carbonyl (C=O) groups is 2.